The molecular weight excluding hydrogens is 502 g/mol. The maximum atomic E-state index is 3.54. The highest BCUT2D eigenvalue weighted by molar-refractivity contribution is 9.10. The van der Waals surface area contributed by atoms with E-state index in [4.69, 9.17) is 0 Å². The van der Waals surface area contributed by atoms with Crippen LogP contribution in [0, 0.1) is 0 Å². The Labute approximate surface area is 218 Å². The van der Waals surface area contributed by atoms with Crippen LogP contribution in [0.25, 0.3) is 60.5 Å². The zero-order chi connectivity index (χ0) is 24.1. The molecule has 0 amide bonds. The van der Waals surface area contributed by atoms with Gasteiger partial charge in [0.2, 0.25) is 0 Å². The van der Waals surface area contributed by atoms with Crippen LogP contribution in [0.2, 0.25) is 0 Å². The Balaban J connectivity index is 1.48. The number of para-hydroxylation sites is 1. The fourth-order valence-electron chi connectivity index (χ4n) is 5.33. The molecule has 0 aliphatic rings. The SMILES string of the molecule is Brc1ccc(-c2cccc(-c3ccc4c(c3)c3ccc5ccccc5c3n4-c3ccccc3)c2)cc1. The van der Waals surface area contributed by atoms with Gasteiger partial charge in [0.15, 0.2) is 0 Å². The van der Waals surface area contributed by atoms with Gasteiger partial charge in [0.1, 0.15) is 0 Å². The molecule has 0 saturated carbocycles. The average molecular weight is 524 g/mol. The van der Waals surface area contributed by atoms with Crippen LogP contribution in [0.15, 0.2) is 138 Å². The summed E-state index contributed by atoms with van der Waals surface area (Å²) in [6, 6.07) is 48.1. The molecule has 7 rings (SSSR count). The molecule has 0 N–H and O–H groups in total. The third-order valence-electron chi connectivity index (χ3n) is 7.04. The summed E-state index contributed by atoms with van der Waals surface area (Å²) in [7, 11) is 0. The molecule has 0 saturated heterocycles. The molecule has 170 valence electrons. The van der Waals surface area contributed by atoms with Gasteiger partial charge in [-0.05, 0) is 70.1 Å². The van der Waals surface area contributed by atoms with Crippen molar-refractivity contribution in [2.24, 2.45) is 0 Å². The van der Waals surface area contributed by atoms with Crippen molar-refractivity contribution in [3.63, 3.8) is 0 Å². The van der Waals surface area contributed by atoms with Crippen molar-refractivity contribution in [2.45, 2.75) is 0 Å². The van der Waals surface area contributed by atoms with Gasteiger partial charge in [0.25, 0.3) is 0 Å². The molecule has 6 aromatic carbocycles. The monoisotopic (exact) mass is 523 g/mol. The van der Waals surface area contributed by atoms with E-state index in [-0.39, 0.29) is 0 Å². The van der Waals surface area contributed by atoms with Crippen molar-refractivity contribution in [2.75, 3.05) is 0 Å². The molecule has 36 heavy (non-hydrogen) atoms. The molecule has 7 aromatic rings. The van der Waals surface area contributed by atoms with E-state index in [1.165, 1.54) is 60.5 Å². The topological polar surface area (TPSA) is 4.93 Å². The molecule has 0 radical (unpaired) electrons. The Hall–Kier alpha value is -4.14. The van der Waals surface area contributed by atoms with Gasteiger partial charge in [0, 0.05) is 26.3 Å². The lowest BCUT2D eigenvalue weighted by molar-refractivity contribution is 1.19. The molecule has 1 heterocycles. The standard InChI is InChI=1S/C34H22BrN/c35-28-17-13-23(14-18-28)25-8-6-9-26(21-25)27-16-20-33-32(22-27)31-19-15-24-7-4-5-12-30(24)34(31)36(33)29-10-2-1-3-11-29/h1-22H. The van der Waals surface area contributed by atoms with Crippen LogP contribution in [0.4, 0.5) is 0 Å². The van der Waals surface area contributed by atoms with Crippen LogP contribution in [0.1, 0.15) is 0 Å². The van der Waals surface area contributed by atoms with Crippen molar-refractivity contribution in [1.82, 2.24) is 4.57 Å². The molecule has 0 fully saturated rings. The molecule has 0 aliphatic carbocycles. The van der Waals surface area contributed by atoms with Crippen molar-refractivity contribution in [1.29, 1.82) is 0 Å². The fourth-order valence-corrected chi connectivity index (χ4v) is 5.59. The summed E-state index contributed by atoms with van der Waals surface area (Å²) in [6.07, 6.45) is 0. The number of hydrogen-bond donors (Lipinski definition) is 0. The van der Waals surface area contributed by atoms with Gasteiger partial charge >= 0.3 is 0 Å². The molecule has 1 nitrogen and oxygen atoms in total. The highest BCUT2D eigenvalue weighted by Gasteiger charge is 2.15. The Morgan fingerprint density at radius 3 is 1.97 bits per heavy atom. The molecule has 0 aliphatic heterocycles. The van der Waals surface area contributed by atoms with Gasteiger partial charge in [-0.15, -0.1) is 0 Å². The number of halogens is 1. The number of rotatable bonds is 3. The lowest BCUT2D eigenvalue weighted by Crippen LogP contribution is -1.93. The van der Waals surface area contributed by atoms with Crippen LogP contribution < -0.4 is 0 Å². The summed E-state index contributed by atoms with van der Waals surface area (Å²) in [4.78, 5) is 0. The lowest BCUT2D eigenvalue weighted by Gasteiger charge is -2.10. The van der Waals surface area contributed by atoms with Crippen LogP contribution >= 0.6 is 15.9 Å². The molecule has 2 heteroatoms. The first-order chi connectivity index (χ1) is 17.8. The van der Waals surface area contributed by atoms with Gasteiger partial charge in [0.05, 0.1) is 11.0 Å². The summed E-state index contributed by atoms with van der Waals surface area (Å²) in [5, 5.41) is 5.07. The van der Waals surface area contributed by atoms with Crippen molar-refractivity contribution in [3.8, 4) is 27.9 Å². The number of fused-ring (bicyclic) bond motifs is 5. The molecular formula is C34H22BrN. The van der Waals surface area contributed by atoms with E-state index in [1.54, 1.807) is 0 Å². The number of aromatic nitrogens is 1. The Morgan fingerprint density at radius 2 is 1.14 bits per heavy atom. The Morgan fingerprint density at radius 1 is 0.444 bits per heavy atom. The van der Waals surface area contributed by atoms with Gasteiger partial charge in [-0.1, -0.05) is 107 Å². The van der Waals surface area contributed by atoms with E-state index < -0.39 is 0 Å². The van der Waals surface area contributed by atoms with Crippen LogP contribution in [0.5, 0.6) is 0 Å². The average Bonchev–Trinajstić information content (AvgIpc) is 3.28. The Bertz CT molecular complexity index is 1880. The highest BCUT2D eigenvalue weighted by atomic mass is 79.9. The fraction of sp³-hybridized carbons (Fsp3) is 0. The summed E-state index contributed by atoms with van der Waals surface area (Å²) < 4.78 is 3.50. The van der Waals surface area contributed by atoms with E-state index >= 15 is 0 Å². The smallest absolute Gasteiger partial charge is 0.0619 e. The maximum absolute atomic E-state index is 3.54. The van der Waals surface area contributed by atoms with Gasteiger partial charge in [-0.2, -0.15) is 0 Å². The quantitative estimate of drug-likeness (QED) is 0.217. The first kappa shape index (κ1) is 21.2. The van der Waals surface area contributed by atoms with Gasteiger partial charge < -0.3 is 4.57 Å². The second-order valence-electron chi connectivity index (χ2n) is 9.17. The summed E-state index contributed by atoms with van der Waals surface area (Å²) >= 11 is 3.54. The number of nitrogens with zero attached hydrogens (tertiary/aromatic N) is 1. The second kappa shape index (κ2) is 8.51. The Kier molecular flexibility index (Phi) is 5.00. The van der Waals surface area contributed by atoms with Gasteiger partial charge in [-0.3, -0.25) is 0 Å². The largest absolute Gasteiger partial charge is 0.309 e. The van der Waals surface area contributed by atoms with Gasteiger partial charge in [-0.25, -0.2) is 0 Å². The predicted molar refractivity (Wildman–Crippen MR) is 157 cm³/mol. The van der Waals surface area contributed by atoms with Crippen LogP contribution in [0.3, 0.4) is 0 Å². The van der Waals surface area contributed by atoms with E-state index in [9.17, 15) is 0 Å². The van der Waals surface area contributed by atoms with E-state index in [0.29, 0.717) is 0 Å². The highest BCUT2D eigenvalue weighted by Crippen LogP contribution is 2.38. The third kappa shape index (κ3) is 3.45. The predicted octanol–water partition coefficient (Wildman–Crippen LogP) is 10.0. The molecule has 0 bridgehead atoms. The second-order valence-corrected chi connectivity index (χ2v) is 10.1. The van der Waals surface area contributed by atoms with Crippen LogP contribution in [-0.4, -0.2) is 4.57 Å². The van der Waals surface area contributed by atoms with Crippen molar-refractivity contribution >= 4 is 48.5 Å². The lowest BCUT2D eigenvalue weighted by atomic mass is 9.98. The summed E-state index contributed by atoms with van der Waals surface area (Å²) in [5.41, 5.74) is 8.54. The summed E-state index contributed by atoms with van der Waals surface area (Å²) in [6.45, 7) is 0. The normalized spacial score (nSPS) is 11.5. The first-order valence-electron chi connectivity index (χ1n) is 12.1. The number of hydrogen-bond acceptors (Lipinski definition) is 0. The zero-order valence-electron chi connectivity index (χ0n) is 19.5. The van der Waals surface area contributed by atoms with Crippen LogP contribution in [-0.2, 0) is 0 Å². The third-order valence-corrected chi connectivity index (χ3v) is 7.57. The molecule has 0 atom stereocenters. The molecule has 1 aromatic heterocycles. The van der Waals surface area contributed by atoms with E-state index in [2.05, 4.69) is 154 Å². The minimum absolute atomic E-state index is 1.09. The summed E-state index contributed by atoms with van der Waals surface area (Å²) in [5.74, 6) is 0. The number of benzene rings is 6. The zero-order valence-corrected chi connectivity index (χ0v) is 21.1. The minimum Gasteiger partial charge on any atom is -0.309 e. The minimum atomic E-state index is 1.09. The van der Waals surface area contributed by atoms with E-state index in [1.807, 2.05) is 0 Å². The molecule has 0 unspecified atom stereocenters. The van der Waals surface area contributed by atoms with Crippen molar-refractivity contribution < 1.29 is 0 Å². The van der Waals surface area contributed by atoms with Crippen molar-refractivity contribution in [3.05, 3.63) is 138 Å². The molecule has 0 spiro atoms. The maximum Gasteiger partial charge on any atom is 0.0619 e. The van der Waals surface area contributed by atoms with E-state index in [0.717, 1.165) is 4.47 Å². The first-order valence-corrected chi connectivity index (χ1v) is 12.9.